The molecule has 18 heavy (non-hydrogen) atoms. The van der Waals surface area contributed by atoms with Crippen LogP contribution in [-0.4, -0.2) is 37.0 Å². The van der Waals surface area contributed by atoms with Gasteiger partial charge in [0.05, 0.1) is 18.2 Å². The SMILES string of the molecule is COC(=O)c1ccc(C(=O)N2CCCC2)c(Br)c1. The zero-order valence-electron chi connectivity index (χ0n) is 10.1. The van der Waals surface area contributed by atoms with Gasteiger partial charge >= 0.3 is 5.97 Å². The van der Waals surface area contributed by atoms with Crippen LogP contribution in [-0.2, 0) is 4.74 Å². The fourth-order valence-electron chi connectivity index (χ4n) is 2.02. The number of rotatable bonds is 2. The molecular weight excluding hydrogens is 298 g/mol. The van der Waals surface area contributed by atoms with Crippen LogP contribution in [0.3, 0.4) is 0 Å². The first kappa shape index (κ1) is 13.1. The number of halogens is 1. The topological polar surface area (TPSA) is 46.6 Å². The first-order valence-electron chi connectivity index (χ1n) is 5.80. The van der Waals surface area contributed by atoms with E-state index in [1.165, 1.54) is 7.11 Å². The Kier molecular flexibility index (Phi) is 4.01. The number of esters is 1. The third-order valence-corrected chi connectivity index (χ3v) is 3.67. The number of carbonyl (C=O) groups is 2. The Morgan fingerprint density at radius 2 is 1.94 bits per heavy atom. The van der Waals surface area contributed by atoms with Crippen LogP contribution < -0.4 is 0 Å². The van der Waals surface area contributed by atoms with Crippen LogP contribution in [0.4, 0.5) is 0 Å². The maximum Gasteiger partial charge on any atom is 0.337 e. The average molecular weight is 312 g/mol. The minimum atomic E-state index is -0.407. The maximum absolute atomic E-state index is 12.2. The Morgan fingerprint density at radius 3 is 2.50 bits per heavy atom. The van der Waals surface area contributed by atoms with Crippen molar-refractivity contribution in [1.29, 1.82) is 0 Å². The van der Waals surface area contributed by atoms with Crippen molar-refractivity contribution in [3.63, 3.8) is 0 Å². The summed E-state index contributed by atoms with van der Waals surface area (Å²) in [6.45, 7) is 1.62. The first-order valence-corrected chi connectivity index (χ1v) is 6.60. The van der Waals surface area contributed by atoms with E-state index in [1.807, 2.05) is 4.90 Å². The van der Waals surface area contributed by atoms with E-state index >= 15 is 0 Å². The van der Waals surface area contributed by atoms with Gasteiger partial charge in [-0.25, -0.2) is 4.79 Å². The van der Waals surface area contributed by atoms with E-state index in [1.54, 1.807) is 18.2 Å². The Morgan fingerprint density at radius 1 is 1.28 bits per heavy atom. The molecule has 0 saturated carbocycles. The minimum Gasteiger partial charge on any atom is -0.465 e. The summed E-state index contributed by atoms with van der Waals surface area (Å²) >= 11 is 3.34. The normalized spacial score (nSPS) is 14.7. The molecule has 0 atom stereocenters. The van der Waals surface area contributed by atoms with Crippen molar-refractivity contribution >= 4 is 27.8 Å². The number of amides is 1. The number of carbonyl (C=O) groups excluding carboxylic acids is 2. The molecule has 0 unspecified atom stereocenters. The molecule has 1 aliphatic heterocycles. The molecule has 0 spiro atoms. The number of nitrogens with zero attached hydrogens (tertiary/aromatic N) is 1. The molecule has 0 aliphatic carbocycles. The van der Waals surface area contributed by atoms with Crippen molar-refractivity contribution in [2.24, 2.45) is 0 Å². The molecule has 1 heterocycles. The lowest BCUT2D eigenvalue weighted by molar-refractivity contribution is 0.0600. The molecule has 1 aromatic carbocycles. The highest BCUT2D eigenvalue weighted by Gasteiger charge is 2.21. The van der Waals surface area contributed by atoms with Crippen molar-refractivity contribution in [3.05, 3.63) is 33.8 Å². The third kappa shape index (κ3) is 2.56. The van der Waals surface area contributed by atoms with Gasteiger partial charge in [0, 0.05) is 17.6 Å². The Labute approximate surface area is 114 Å². The molecule has 96 valence electrons. The highest BCUT2D eigenvalue weighted by Crippen LogP contribution is 2.22. The fourth-order valence-corrected chi connectivity index (χ4v) is 2.57. The van der Waals surface area contributed by atoms with Crippen LogP contribution in [0.1, 0.15) is 33.6 Å². The van der Waals surface area contributed by atoms with Gasteiger partial charge in [-0.3, -0.25) is 4.79 Å². The van der Waals surface area contributed by atoms with Gasteiger partial charge in [-0.1, -0.05) is 0 Å². The van der Waals surface area contributed by atoms with Gasteiger partial charge in [-0.05, 0) is 47.0 Å². The molecule has 1 aliphatic rings. The molecule has 1 fully saturated rings. The van der Waals surface area contributed by atoms with Crippen LogP contribution in [0, 0.1) is 0 Å². The smallest absolute Gasteiger partial charge is 0.337 e. The monoisotopic (exact) mass is 311 g/mol. The molecule has 0 N–H and O–H groups in total. The third-order valence-electron chi connectivity index (χ3n) is 3.01. The summed E-state index contributed by atoms with van der Waals surface area (Å²) in [5.74, 6) is -0.397. The van der Waals surface area contributed by atoms with Crippen molar-refractivity contribution in [1.82, 2.24) is 4.90 Å². The molecular formula is C13H14BrNO3. The summed E-state index contributed by atoms with van der Waals surface area (Å²) < 4.78 is 5.26. The summed E-state index contributed by atoms with van der Waals surface area (Å²) in [4.78, 5) is 25.4. The molecule has 0 radical (unpaired) electrons. The van der Waals surface area contributed by atoms with Crippen LogP contribution in [0.2, 0.25) is 0 Å². The highest BCUT2D eigenvalue weighted by atomic mass is 79.9. The first-order chi connectivity index (χ1) is 8.63. The van der Waals surface area contributed by atoms with Crippen LogP contribution in [0.5, 0.6) is 0 Å². The van der Waals surface area contributed by atoms with E-state index in [4.69, 9.17) is 0 Å². The van der Waals surface area contributed by atoms with Gasteiger partial charge in [-0.15, -0.1) is 0 Å². The molecule has 2 rings (SSSR count). The average Bonchev–Trinajstić information content (AvgIpc) is 2.90. The number of likely N-dealkylation sites (tertiary alicyclic amines) is 1. The quantitative estimate of drug-likeness (QED) is 0.788. The molecule has 4 nitrogen and oxygen atoms in total. The summed E-state index contributed by atoms with van der Waals surface area (Å²) in [5, 5.41) is 0. The van der Waals surface area contributed by atoms with Crippen LogP contribution in [0.25, 0.3) is 0 Å². The van der Waals surface area contributed by atoms with Gasteiger partial charge in [0.1, 0.15) is 0 Å². The number of ether oxygens (including phenoxy) is 1. The van der Waals surface area contributed by atoms with Gasteiger partial charge < -0.3 is 9.64 Å². The summed E-state index contributed by atoms with van der Waals surface area (Å²) in [6.07, 6.45) is 2.12. The second kappa shape index (κ2) is 5.52. The molecule has 0 bridgehead atoms. The predicted molar refractivity (Wildman–Crippen MR) is 70.6 cm³/mol. The van der Waals surface area contributed by atoms with Crippen molar-refractivity contribution in [2.45, 2.75) is 12.8 Å². The fraction of sp³-hybridized carbons (Fsp3) is 0.385. The second-order valence-corrected chi connectivity index (χ2v) is 5.04. The molecule has 1 saturated heterocycles. The minimum absolute atomic E-state index is 0.00999. The lowest BCUT2D eigenvalue weighted by atomic mass is 10.1. The Bertz CT molecular complexity index is 481. The van der Waals surface area contributed by atoms with E-state index in [9.17, 15) is 9.59 Å². The lowest BCUT2D eigenvalue weighted by Crippen LogP contribution is -2.27. The second-order valence-electron chi connectivity index (χ2n) is 4.19. The highest BCUT2D eigenvalue weighted by molar-refractivity contribution is 9.10. The van der Waals surface area contributed by atoms with E-state index < -0.39 is 5.97 Å². The zero-order chi connectivity index (χ0) is 13.1. The lowest BCUT2D eigenvalue weighted by Gasteiger charge is -2.16. The van der Waals surface area contributed by atoms with Crippen molar-refractivity contribution in [3.8, 4) is 0 Å². The molecule has 5 heteroatoms. The molecule has 0 aromatic heterocycles. The van der Waals surface area contributed by atoms with Gasteiger partial charge in [0.25, 0.3) is 5.91 Å². The van der Waals surface area contributed by atoms with Gasteiger partial charge in [0.15, 0.2) is 0 Å². The standard InChI is InChI=1S/C13H14BrNO3/c1-18-13(17)9-4-5-10(11(14)8-9)12(16)15-6-2-3-7-15/h4-5,8H,2-3,6-7H2,1H3. The maximum atomic E-state index is 12.2. The predicted octanol–water partition coefficient (Wildman–Crippen LogP) is 2.47. The number of hydrogen-bond acceptors (Lipinski definition) is 3. The summed E-state index contributed by atoms with van der Waals surface area (Å²) in [6, 6.07) is 4.89. The number of benzene rings is 1. The largest absolute Gasteiger partial charge is 0.465 e. The molecule has 1 aromatic rings. The molecule has 1 amide bonds. The van der Waals surface area contributed by atoms with E-state index in [2.05, 4.69) is 20.7 Å². The van der Waals surface area contributed by atoms with Crippen molar-refractivity contribution in [2.75, 3.05) is 20.2 Å². The Hall–Kier alpha value is -1.36. The van der Waals surface area contributed by atoms with E-state index in [0.717, 1.165) is 25.9 Å². The summed E-state index contributed by atoms with van der Waals surface area (Å²) in [5.41, 5.74) is 1.02. The number of hydrogen-bond donors (Lipinski definition) is 0. The van der Waals surface area contributed by atoms with E-state index in [0.29, 0.717) is 15.6 Å². The summed E-state index contributed by atoms with van der Waals surface area (Å²) in [7, 11) is 1.33. The van der Waals surface area contributed by atoms with Crippen LogP contribution >= 0.6 is 15.9 Å². The van der Waals surface area contributed by atoms with Crippen molar-refractivity contribution < 1.29 is 14.3 Å². The van der Waals surface area contributed by atoms with Gasteiger partial charge in [0.2, 0.25) is 0 Å². The van der Waals surface area contributed by atoms with Crippen LogP contribution in [0.15, 0.2) is 22.7 Å². The number of methoxy groups -OCH3 is 1. The van der Waals surface area contributed by atoms with Gasteiger partial charge in [-0.2, -0.15) is 0 Å². The Balaban J connectivity index is 2.24. The van der Waals surface area contributed by atoms with E-state index in [-0.39, 0.29) is 5.91 Å². The zero-order valence-corrected chi connectivity index (χ0v) is 11.7.